The van der Waals surface area contributed by atoms with Gasteiger partial charge in [-0.3, -0.25) is 9.78 Å². The zero-order valence-corrected chi connectivity index (χ0v) is 19.2. The Morgan fingerprint density at radius 1 is 1.16 bits per heavy atom. The van der Waals surface area contributed by atoms with Crippen molar-refractivity contribution in [3.63, 3.8) is 0 Å². The molecule has 2 saturated heterocycles. The molecule has 31 heavy (non-hydrogen) atoms. The maximum absolute atomic E-state index is 13.7. The zero-order chi connectivity index (χ0) is 22.2. The largest absolute Gasteiger partial charge is 0.335 e. The Hall–Kier alpha value is -1.93. The number of piperidine rings is 1. The second-order valence-electron chi connectivity index (χ2n) is 7.89. The number of nitrogens with zero attached hydrogens (tertiary/aromatic N) is 3. The van der Waals surface area contributed by atoms with E-state index in [2.05, 4.69) is 11.6 Å². The molecule has 4 rings (SSSR count). The molecule has 6 nitrogen and oxygen atoms in total. The Morgan fingerprint density at radius 3 is 2.55 bits per heavy atom. The Kier molecular flexibility index (Phi) is 6.40. The predicted octanol–water partition coefficient (Wildman–Crippen LogP) is 4.14. The third-order valence-corrected chi connectivity index (χ3v) is 8.28. The molecule has 164 valence electrons. The van der Waals surface area contributed by atoms with E-state index in [9.17, 15) is 13.2 Å². The maximum atomic E-state index is 13.7. The van der Waals surface area contributed by atoms with Crippen molar-refractivity contribution in [1.82, 2.24) is 14.2 Å². The molecule has 0 saturated carbocycles. The lowest BCUT2D eigenvalue weighted by atomic mass is 9.90. The van der Waals surface area contributed by atoms with Crippen LogP contribution in [0.25, 0.3) is 0 Å². The van der Waals surface area contributed by atoms with E-state index in [1.54, 1.807) is 17.2 Å². The standard InChI is InChI=1S/C22H23Cl2N3O3S/c1-2-15-13-26(14-18-6-3-4-9-25-18)22(28)21-8-5-7-20(15)27(21)31(29,30)19-11-16(23)10-17(24)12-19/h2-4,6,9-12,15,20-21H,1,5,7-8,13-14H2/t15-,20+,21-/m0/s1. The number of hydrogen-bond donors (Lipinski definition) is 0. The highest BCUT2D eigenvalue weighted by molar-refractivity contribution is 7.89. The van der Waals surface area contributed by atoms with Crippen LogP contribution in [0.5, 0.6) is 0 Å². The first kappa shape index (κ1) is 22.3. The normalized spacial score (nSPS) is 24.6. The van der Waals surface area contributed by atoms with Gasteiger partial charge in [0.05, 0.1) is 17.1 Å². The summed E-state index contributed by atoms with van der Waals surface area (Å²) < 4.78 is 28.8. The van der Waals surface area contributed by atoms with Gasteiger partial charge in [-0.05, 0) is 49.6 Å². The van der Waals surface area contributed by atoms with Gasteiger partial charge in [0, 0.05) is 34.7 Å². The molecule has 3 atom stereocenters. The number of hydrogen-bond acceptors (Lipinski definition) is 4. The molecule has 1 aromatic carbocycles. The van der Waals surface area contributed by atoms with Crippen LogP contribution in [-0.2, 0) is 21.4 Å². The van der Waals surface area contributed by atoms with Gasteiger partial charge in [-0.25, -0.2) is 8.42 Å². The molecule has 2 bridgehead atoms. The van der Waals surface area contributed by atoms with Crippen LogP contribution in [0.1, 0.15) is 25.0 Å². The monoisotopic (exact) mass is 479 g/mol. The van der Waals surface area contributed by atoms with Gasteiger partial charge in [-0.1, -0.05) is 35.3 Å². The van der Waals surface area contributed by atoms with Gasteiger partial charge in [0.25, 0.3) is 0 Å². The predicted molar refractivity (Wildman–Crippen MR) is 120 cm³/mol. The van der Waals surface area contributed by atoms with Crippen molar-refractivity contribution in [3.05, 3.63) is 71.0 Å². The first-order valence-corrected chi connectivity index (χ1v) is 12.3. The number of pyridine rings is 1. The lowest BCUT2D eigenvalue weighted by Crippen LogP contribution is -2.54. The highest BCUT2D eigenvalue weighted by Gasteiger charge is 2.49. The van der Waals surface area contributed by atoms with E-state index in [1.165, 1.54) is 22.5 Å². The second-order valence-corrected chi connectivity index (χ2v) is 10.6. The van der Waals surface area contributed by atoms with Gasteiger partial charge in [0.1, 0.15) is 6.04 Å². The van der Waals surface area contributed by atoms with E-state index in [4.69, 9.17) is 23.2 Å². The number of rotatable bonds is 5. The number of sulfonamides is 1. The van der Waals surface area contributed by atoms with Crippen LogP contribution in [0.2, 0.25) is 10.0 Å². The van der Waals surface area contributed by atoms with Crippen LogP contribution in [0.3, 0.4) is 0 Å². The summed E-state index contributed by atoms with van der Waals surface area (Å²) in [5.74, 6) is -0.418. The lowest BCUT2D eigenvalue weighted by Gasteiger charge is -2.40. The highest BCUT2D eigenvalue weighted by Crippen LogP contribution is 2.38. The summed E-state index contributed by atoms with van der Waals surface area (Å²) in [5, 5.41) is 0.462. The minimum absolute atomic E-state index is 0.00399. The van der Waals surface area contributed by atoms with E-state index >= 15 is 0 Å². The molecule has 0 unspecified atom stereocenters. The summed E-state index contributed by atoms with van der Waals surface area (Å²) in [4.78, 5) is 19.6. The number of fused-ring (bicyclic) bond motifs is 2. The van der Waals surface area contributed by atoms with Gasteiger partial charge in [0.15, 0.2) is 0 Å². The number of benzene rings is 1. The third kappa shape index (κ3) is 4.37. The molecular formula is C22H23Cl2N3O3S. The Bertz CT molecular complexity index is 1070. The van der Waals surface area contributed by atoms with Crippen LogP contribution in [0, 0.1) is 5.92 Å². The van der Waals surface area contributed by atoms with E-state index in [-0.39, 0.29) is 32.8 Å². The Morgan fingerprint density at radius 2 is 1.90 bits per heavy atom. The first-order chi connectivity index (χ1) is 14.8. The van der Waals surface area contributed by atoms with Crippen molar-refractivity contribution < 1.29 is 13.2 Å². The molecule has 1 amide bonds. The minimum Gasteiger partial charge on any atom is -0.335 e. The lowest BCUT2D eigenvalue weighted by molar-refractivity contribution is -0.135. The summed E-state index contributed by atoms with van der Waals surface area (Å²) >= 11 is 12.2. The van der Waals surface area contributed by atoms with Crippen LogP contribution in [-0.4, -0.2) is 47.1 Å². The van der Waals surface area contributed by atoms with Crippen molar-refractivity contribution in [1.29, 1.82) is 0 Å². The molecule has 0 radical (unpaired) electrons. The molecule has 2 aromatic rings. The van der Waals surface area contributed by atoms with Crippen molar-refractivity contribution in [2.75, 3.05) is 6.54 Å². The van der Waals surface area contributed by atoms with Crippen LogP contribution >= 0.6 is 23.2 Å². The Labute approximate surface area is 192 Å². The minimum atomic E-state index is -4.01. The summed E-state index contributed by atoms with van der Waals surface area (Å²) in [6, 6.07) is 8.63. The maximum Gasteiger partial charge on any atom is 0.244 e. The number of halogens is 2. The van der Waals surface area contributed by atoms with E-state index < -0.39 is 16.1 Å². The summed E-state index contributed by atoms with van der Waals surface area (Å²) in [6.45, 7) is 4.65. The first-order valence-electron chi connectivity index (χ1n) is 10.1. The SMILES string of the molecule is C=C[C@H]1CN(Cc2ccccn2)C(=O)[C@@H]2CCC[C@H]1N2S(=O)(=O)c1cc(Cl)cc(Cl)c1. The number of carbonyl (C=O) groups is 1. The van der Waals surface area contributed by atoms with E-state index in [0.29, 0.717) is 25.9 Å². The highest BCUT2D eigenvalue weighted by atomic mass is 35.5. The fourth-order valence-corrected chi connectivity index (χ4v) is 7.12. The fraction of sp³-hybridized carbons (Fsp3) is 0.364. The molecule has 3 heterocycles. The fourth-order valence-electron chi connectivity index (χ4n) is 4.52. The summed E-state index contributed by atoms with van der Waals surface area (Å²) in [7, 11) is -4.01. The molecule has 2 aliphatic rings. The van der Waals surface area contributed by atoms with Crippen molar-refractivity contribution in [2.24, 2.45) is 5.92 Å². The smallest absolute Gasteiger partial charge is 0.244 e. The van der Waals surface area contributed by atoms with E-state index in [0.717, 1.165) is 12.1 Å². The van der Waals surface area contributed by atoms with Gasteiger partial charge < -0.3 is 4.90 Å². The molecule has 0 aliphatic carbocycles. The molecule has 9 heteroatoms. The number of aromatic nitrogens is 1. The Balaban J connectivity index is 1.76. The number of carbonyl (C=O) groups excluding carboxylic acids is 1. The average Bonchev–Trinajstić information content (AvgIpc) is 2.81. The summed E-state index contributed by atoms with van der Waals surface area (Å²) in [5.41, 5.74) is 0.756. The molecule has 2 fully saturated rings. The van der Waals surface area contributed by atoms with Crippen molar-refractivity contribution in [3.8, 4) is 0 Å². The van der Waals surface area contributed by atoms with Gasteiger partial charge in [0.2, 0.25) is 15.9 Å². The number of amides is 1. The molecule has 0 N–H and O–H groups in total. The third-order valence-electron chi connectivity index (χ3n) is 5.93. The van der Waals surface area contributed by atoms with Crippen molar-refractivity contribution >= 4 is 39.1 Å². The topological polar surface area (TPSA) is 70.6 Å². The molecule has 0 spiro atoms. The molecule has 1 aromatic heterocycles. The zero-order valence-electron chi connectivity index (χ0n) is 16.8. The van der Waals surface area contributed by atoms with Gasteiger partial charge in [-0.15, -0.1) is 6.58 Å². The second kappa shape index (κ2) is 8.90. The van der Waals surface area contributed by atoms with Crippen LogP contribution in [0.15, 0.2) is 60.1 Å². The summed E-state index contributed by atoms with van der Waals surface area (Å²) in [6.07, 6.45) is 5.33. The van der Waals surface area contributed by atoms with Gasteiger partial charge >= 0.3 is 0 Å². The van der Waals surface area contributed by atoms with Crippen LogP contribution < -0.4 is 0 Å². The quantitative estimate of drug-likeness (QED) is 0.603. The van der Waals surface area contributed by atoms with Gasteiger partial charge in [-0.2, -0.15) is 4.31 Å². The molecular weight excluding hydrogens is 457 g/mol. The van der Waals surface area contributed by atoms with E-state index in [1.807, 2.05) is 18.2 Å². The average molecular weight is 480 g/mol. The molecule has 2 aliphatic heterocycles. The van der Waals surface area contributed by atoms with Crippen molar-refractivity contribution in [2.45, 2.75) is 42.8 Å². The van der Waals surface area contributed by atoms with Crippen LogP contribution in [0.4, 0.5) is 0 Å².